The molecule has 2 saturated carbocycles. The molecule has 7 nitrogen and oxygen atoms in total. The third-order valence-corrected chi connectivity index (χ3v) is 7.04. The zero-order valence-corrected chi connectivity index (χ0v) is 21.0. The van der Waals surface area contributed by atoms with E-state index in [-0.39, 0.29) is 29.4 Å². The van der Waals surface area contributed by atoms with Gasteiger partial charge in [0.15, 0.2) is 11.8 Å². The molecule has 0 radical (unpaired) electrons. The van der Waals surface area contributed by atoms with Crippen LogP contribution in [0.1, 0.15) is 77.4 Å². The zero-order valence-electron chi connectivity index (χ0n) is 18.7. The van der Waals surface area contributed by atoms with E-state index >= 15 is 0 Å². The fraction of sp³-hybridized carbons (Fsp3) is 0.857. The number of nitrogens with zero attached hydrogens (tertiary/aromatic N) is 4. The third kappa shape index (κ3) is 5.24. The van der Waals surface area contributed by atoms with E-state index in [2.05, 4.69) is 41.6 Å². The van der Waals surface area contributed by atoms with Crippen LogP contribution in [0.4, 0.5) is 0 Å². The predicted octanol–water partition coefficient (Wildman–Crippen LogP) is 3.70. The van der Waals surface area contributed by atoms with E-state index in [0.29, 0.717) is 24.7 Å². The lowest BCUT2D eigenvalue weighted by atomic mass is 9.58. The molecular formula is C21H39IN6O. The minimum atomic E-state index is 0. The van der Waals surface area contributed by atoms with Crippen LogP contribution in [0.3, 0.4) is 0 Å². The number of hydrogen-bond acceptors (Lipinski definition) is 4. The molecule has 8 heteroatoms. The Morgan fingerprint density at radius 2 is 1.86 bits per heavy atom. The van der Waals surface area contributed by atoms with Gasteiger partial charge in [-0.1, -0.05) is 26.7 Å². The fourth-order valence-corrected chi connectivity index (χ4v) is 4.88. The second-order valence-corrected chi connectivity index (χ2v) is 8.33. The molecule has 0 aliphatic heterocycles. The Hall–Kier alpha value is -0.900. The molecule has 0 amide bonds. The van der Waals surface area contributed by atoms with Crippen LogP contribution in [0.15, 0.2) is 4.99 Å². The van der Waals surface area contributed by atoms with Crippen molar-refractivity contribution in [1.82, 2.24) is 25.4 Å². The van der Waals surface area contributed by atoms with Crippen molar-refractivity contribution in [2.75, 3.05) is 6.61 Å². The van der Waals surface area contributed by atoms with Crippen LogP contribution in [0.5, 0.6) is 0 Å². The quantitative estimate of drug-likeness (QED) is 0.312. The highest BCUT2D eigenvalue weighted by Crippen LogP contribution is 2.48. The summed E-state index contributed by atoms with van der Waals surface area (Å²) >= 11 is 0. The topological polar surface area (TPSA) is 76.4 Å². The molecular weight excluding hydrogens is 479 g/mol. The summed E-state index contributed by atoms with van der Waals surface area (Å²) < 4.78 is 8.05. The normalized spacial score (nSPS) is 24.1. The van der Waals surface area contributed by atoms with Crippen molar-refractivity contribution >= 4 is 29.9 Å². The number of rotatable bonds is 8. The van der Waals surface area contributed by atoms with E-state index in [4.69, 9.17) is 9.73 Å². The number of aromatic nitrogens is 3. The van der Waals surface area contributed by atoms with E-state index in [1.54, 1.807) is 0 Å². The number of aliphatic imine (C=N–C) groups is 1. The predicted molar refractivity (Wildman–Crippen MR) is 128 cm³/mol. The highest BCUT2D eigenvalue weighted by molar-refractivity contribution is 14.0. The summed E-state index contributed by atoms with van der Waals surface area (Å²) in [6.07, 6.45) is 8.68. The van der Waals surface area contributed by atoms with Gasteiger partial charge in [-0.15, -0.1) is 34.2 Å². The van der Waals surface area contributed by atoms with Crippen LogP contribution in [0, 0.1) is 12.3 Å². The van der Waals surface area contributed by atoms with Gasteiger partial charge < -0.3 is 19.9 Å². The third-order valence-electron chi connectivity index (χ3n) is 7.04. The van der Waals surface area contributed by atoms with Gasteiger partial charge in [0.2, 0.25) is 0 Å². The molecule has 0 bridgehead atoms. The lowest BCUT2D eigenvalue weighted by Crippen LogP contribution is -2.66. The van der Waals surface area contributed by atoms with Crippen LogP contribution < -0.4 is 10.6 Å². The largest absolute Gasteiger partial charge is 0.378 e. The van der Waals surface area contributed by atoms with Gasteiger partial charge in [0.05, 0.1) is 6.10 Å². The van der Waals surface area contributed by atoms with Gasteiger partial charge in [-0.05, 0) is 46.0 Å². The number of halogens is 1. The minimum absolute atomic E-state index is 0. The van der Waals surface area contributed by atoms with Crippen molar-refractivity contribution in [2.24, 2.45) is 17.5 Å². The first-order valence-corrected chi connectivity index (χ1v) is 11.1. The number of aryl methyl sites for hydroxylation is 1. The Kier molecular flexibility index (Phi) is 9.18. The maximum Gasteiger partial charge on any atom is 0.192 e. The second-order valence-electron chi connectivity index (χ2n) is 8.33. The van der Waals surface area contributed by atoms with Gasteiger partial charge >= 0.3 is 0 Å². The molecule has 0 saturated heterocycles. The molecule has 3 rings (SSSR count). The molecule has 1 aromatic heterocycles. The maximum atomic E-state index is 6.05. The van der Waals surface area contributed by atoms with Crippen molar-refractivity contribution in [2.45, 2.75) is 97.4 Å². The Morgan fingerprint density at radius 3 is 2.41 bits per heavy atom. The van der Waals surface area contributed by atoms with E-state index in [9.17, 15) is 0 Å². The van der Waals surface area contributed by atoms with Gasteiger partial charge in [0, 0.05) is 31.2 Å². The van der Waals surface area contributed by atoms with Crippen LogP contribution in [0.2, 0.25) is 0 Å². The Labute approximate surface area is 192 Å². The first-order valence-electron chi connectivity index (χ1n) is 11.1. The van der Waals surface area contributed by atoms with Crippen molar-refractivity contribution in [1.29, 1.82) is 0 Å². The Balaban J connectivity index is 0.00000300. The molecule has 166 valence electrons. The summed E-state index contributed by atoms with van der Waals surface area (Å²) in [5, 5.41) is 15.9. The van der Waals surface area contributed by atoms with Crippen molar-refractivity contribution in [3.05, 3.63) is 11.6 Å². The standard InChI is InChI=1S/C21H38N6O.HI/c1-6-21(7-2)17(13-18(21)28-8-3)24-20(23-16-11-9-10-12-16)22-14-19-26-25-15(4)27(19)5;/h16-18H,6-14H2,1-5H3,(H2,22,23,24);1H. The van der Waals surface area contributed by atoms with Crippen molar-refractivity contribution < 1.29 is 4.74 Å². The average Bonchev–Trinajstić information content (AvgIpc) is 3.30. The van der Waals surface area contributed by atoms with Crippen LogP contribution in [-0.4, -0.2) is 45.5 Å². The van der Waals surface area contributed by atoms with Crippen LogP contribution in [0.25, 0.3) is 0 Å². The Morgan fingerprint density at radius 1 is 1.17 bits per heavy atom. The summed E-state index contributed by atoms with van der Waals surface area (Å²) in [6, 6.07) is 0.917. The lowest BCUT2D eigenvalue weighted by Gasteiger charge is -2.55. The monoisotopic (exact) mass is 518 g/mol. The summed E-state index contributed by atoms with van der Waals surface area (Å²) in [7, 11) is 2.00. The van der Waals surface area contributed by atoms with Gasteiger partial charge in [-0.2, -0.15) is 0 Å². The molecule has 1 aromatic rings. The first kappa shape index (κ1) is 24.4. The van der Waals surface area contributed by atoms with E-state index in [0.717, 1.165) is 43.5 Å². The SMILES string of the molecule is CCOC1CC(NC(=NCc2nnc(C)n2C)NC2CCCC2)C1(CC)CC.I. The number of hydrogen-bond donors (Lipinski definition) is 2. The zero-order chi connectivity index (χ0) is 20.1. The summed E-state index contributed by atoms with van der Waals surface area (Å²) in [6.45, 7) is 9.95. The van der Waals surface area contributed by atoms with Crippen molar-refractivity contribution in [3.8, 4) is 0 Å². The fourth-order valence-electron chi connectivity index (χ4n) is 4.88. The highest BCUT2D eigenvalue weighted by atomic mass is 127. The first-order chi connectivity index (χ1) is 13.5. The maximum absolute atomic E-state index is 6.05. The molecule has 2 fully saturated rings. The van der Waals surface area contributed by atoms with Gasteiger partial charge in [0.25, 0.3) is 0 Å². The van der Waals surface area contributed by atoms with Gasteiger partial charge in [-0.25, -0.2) is 4.99 Å². The number of nitrogens with one attached hydrogen (secondary N) is 2. The minimum Gasteiger partial charge on any atom is -0.378 e. The molecule has 1 heterocycles. The molecule has 0 spiro atoms. The number of guanidine groups is 1. The van der Waals surface area contributed by atoms with Gasteiger partial charge in [-0.3, -0.25) is 0 Å². The van der Waals surface area contributed by atoms with Gasteiger partial charge in [0.1, 0.15) is 12.4 Å². The molecule has 2 N–H and O–H groups in total. The average molecular weight is 518 g/mol. The van der Waals surface area contributed by atoms with Crippen molar-refractivity contribution in [3.63, 3.8) is 0 Å². The molecule has 29 heavy (non-hydrogen) atoms. The summed E-state index contributed by atoms with van der Waals surface area (Å²) in [5.41, 5.74) is 0.190. The summed E-state index contributed by atoms with van der Waals surface area (Å²) in [4.78, 5) is 4.89. The molecule has 2 aliphatic carbocycles. The molecule has 2 unspecified atom stereocenters. The molecule has 2 atom stereocenters. The van der Waals surface area contributed by atoms with E-state index in [1.807, 2.05) is 18.5 Å². The van der Waals surface area contributed by atoms with E-state index in [1.165, 1.54) is 25.7 Å². The lowest BCUT2D eigenvalue weighted by molar-refractivity contribution is -0.133. The molecule has 2 aliphatic rings. The highest BCUT2D eigenvalue weighted by Gasteiger charge is 2.53. The summed E-state index contributed by atoms with van der Waals surface area (Å²) in [5.74, 6) is 2.72. The van der Waals surface area contributed by atoms with E-state index < -0.39 is 0 Å². The second kappa shape index (κ2) is 10.9. The van der Waals surface area contributed by atoms with Crippen LogP contribution >= 0.6 is 24.0 Å². The molecule has 0 aromatic carbocycles. The Bertz CT molecular complexity index is 666. The number of ether oxygens (including phenoxy) is 1. The smallest absolute Gasteiger partial charge is 0.192 e. The van der Waals surface area contributed by atoms with Crippen LogP contribution in [-0.2, 0) is 18.3 Å².